The van der Waals surface area contributed by atoms with E-state index in [0.717, 1.165) is 16.8 Å². The number of imidazole rings is 1. The lowest BCUT2D eigenvalue weighted by atomic mass is 10.2. The molecule has 2 heterocycles. The van der Waals surface area contributed by atoms with Crippen LogP contribution in [0.4, 0.5) is 10.5 Å². The Morgan fingerprint density at radius 2 is 2.00 bits per heavy atom. The first-order valence-corrected chi connectivity index (χ1v) is 7.26. The van der Waals surface area contributed by atoms with Crippen LogP contribution in [0, 0.1) is 6.92 Å². The topological polar surface area (TPSA) is 82.7 Å². The van der Waals surface area contributed by atoms with Gasteiger partial charge in [-0.1, -0.05) is 30.3 Å². The van der Waals surface area contributed by atoms with Crippen molar-refractivity contribution in [1.82, 2.24) is 20.3 Å². The SMILES string of the molecule is Cc1cncc(NC(=O)NCc2ncc(-c3ccccc3)[nH]2)c1. The number of amides is 2. The molecule has 23 heavy (non-hydrogen) atoms. The molecular weight excluding hydrogens is 290 g/mol. The lowest BCUT2D eigenvalue weighted by Gasteiger charge is -2.06. The summed E-state index contributed by atoms with van der Waals surface area (Å²) in [5, 5.41) is 5.50. The summed E-state index contributed by atoms with van der Waals surface area (Å²) in [7, 11) is 0. The molecule has 0 bridgehead atoms. The van der Waals surface area contributed by atoms with E-state index in [1.54, 1.807) is 18.6 Å². The van der Waals surface area contributed by atoms with Crippen molar-refractivity contribution in [2.24, 2.45) is 0 Å². The quantitative estimate of drug-likeness (QED) is 0.692. The predicted molar refractivity (Wildman–Crippen MR) is 88.9 cm³/mol. The maximum Gasteiger partial charge on any atom is 0.319 e. The first kappa shape index (κ1) is 14.8. The zero-order chi connectivity index (χ0) is 16.1. The van der Waals surface area contributed by atoms with Crippen LogP contribution in [0.25, 0.3) is 11.3 Å². The number of benzene rings is 1. The molecule has 1 aromatic carbocycles. The molecule has 0 saturated carbocycles. The van der Waals surface area contributed by atoms with E-state index in [4.69, 9.17) is 0 Å². The van der Waals surface area contributed by atoms with Gasteiger partial charge in [0.15, 0.2) is 0 Å². The molecule has 3 N–H and O–H groups in total. The van der Waals surface area contributed by atoms with Gasteiger partial charge in [0.25, 0.3) is 0 Å². The number of nitrogens with zero attached hydrogens (tertiary/aromatic N) is 2. The van der Waals surface area contributed by atoms with Crippen LogP contribution in [0.3, 0.4) is 0 Å². The highest BCUT2D eigenvalue weighted by Crippen LogP contribution is 2.15. The lowest BCUT2D eigenvalue weighted by Crippen LogP contribution is -2.28. The molecule has 0 spiro atoms. The summed E-state index contributed by atoms with van der Waals surface area (Å²) < 4.78 is 0. The molecule has 0 aliphatic rings. The number of hydrogen-bond acceptors (Lipinski definition) is 3. The number of aromatic nitrogens is 3. The highest BCUT2D eigenvalue weighted by atomic mass is 16.2. The van der Waals surface area contributed by atoms with Crippen molar-refractivity contribution in [3.05, 3.63) is 66.4 Å². The lowest BCUT2D eigenvalue weighted by molar-refractivity contribution is 0.251. The molecule has 0 atom stereocenters. The highest BCUT2D eigenvalue weighted by molar-refractivity contribution is 5.89. The van der Waals surface area contributed by atoms with E-state index in [1.807, 2.05) is 43.3 Å². The minimum absolute atomic E-state index is 0.296. The van der Waals surface area contributed by atoms with Crippen molar-refractivity contribution in [3.8, 4) is 11.3 Å². The molecule has 0 aliphatic heterocycles. The van der Waals surface area contributed by atoms with Gasteiger partial charge >= 0.3 is 6.03 Å². The fourth-order valence-corrected chi connectivity index (χ4v) is 2.18. The number of H-pyrrole nitrogens is 1. The zero-order valence-corrected chi connectivity index (χ0v) is 12.7. The summed E-state index contributed by atoms with van der Waals surface area (Å²) in [6, 6.07) is 11.5. The first-order valence-electron chi connectivity index (χ1n) is 7.26. The van der Waals surface area contributed by atoms with Gasteiger partial charge in [0, 0.05) is 6.20 Å². The summed E-state index contributed by atoms with van der Waals surface area (Å²) in [5.41, 5.74) is 3.63. The molecule has 116 valence electrons. The average molecular weight is 307 g/mol. The Morgan fingerprint density at radius 1 is 1.17 bits per heavy atom. The van der Waals surface area contributed by atoms with Gasteiger partial charge in [-0.05, 0) is 24.1 Å². The van der Waals surface area contributed by atoms with Crippen LogP contribution in [0.15, 0.2) is 55.0 Å². The van der Waals surface area contributed by atoms with E-state index in [0.29, 0.717) is 18.1 Å². The van der Waals surface area contributed by atoms with E-state index in [-0.39, 0.29) is 6.03 Å². The second kappa shape index (κ2) is 6.74. The summed E-state index contributed by atoms with van der Waals surface area (Å²) in [6.07, 6.45) is 5.10. The Bertz CT molecular complexity index is 798. The Kier molecular flexibility index (Phi) is 4.33. The minimum atomic E-state index is -0.296. The first-order chi connectivity index (χ1) is 11.2. The van der Waals surface area contributed by atoms with Crippen LogP contribution in [-0.4, -0.2) is 21.0 Å². The standard InChI is InChI=1S/C17H17N5O/c1-12-7-14(9-18-8-12)21-17(23)20-11-16-19-10-15(22-16)13-5-3-2-4-6-13/h2-10H,11H2,1H3,(H,19,22)(H2,20,21,23). The van der Waals surface area contributed by atoms with Gasteiger partial charge in [-0.2, -0.15) is 0 Å². The van der Waals surface area contributed by atoms with Crippen molar-refractivity contribution in [1.29, 1.82) is 0 Å². The molecule has 2 amide bonds. The van der Waals surface area contributed by atoms with E-state index >= 15 is 0 Å². The van der Waals surface area contributed by atoms with E-state index in [1.165, 1.54) is 0 Å². The molecule has 0 saturated heterocycles. The third-order valence-corrected chi connectivity index (χ3v) is 3.26. The fourth-order valence-electron chi connectivity index (χ4n) is 2.18. The van der Waals surface area contributed by atoms with Gasteiger partial charge in [-0.3, -0.25) is 4.98 Å². The summed E-state index contributed by atoms with van der Waals surface area (Å²) in [4.78, 5) is 23.4. The summed E-state index contributed by atoms with van der Waals surface area (Å²) in [5.74, 6) is 0.696. The third kappa shape index (κ3) is 3.94. The number of anilines is 1. The third-order valence-electron chi connectivity index (χ3n) is 3.26. The van der Waals surface area contributed by atoms with Gasteiger partial charge in [0.1, 0.15) is 5.82 Å². The second-order valence-corrected chi connectivity index (χ2v) is 5.17. The molecule has 6 nitrogen and oxygen atoms in total. The summed E-state index contributed by atoms with van der Waals surface area (Å²) in [6.45, 7) is 2.24. The number of rotatable bonds is 4. The number of urea groups is 1. The number of pyridine rings is 1. The fraction of sp³-hybridized carbons (Fsp3) is 0.118. The Labute approximate surface area is 134 Å². The molecule has 2 aromatic heterocycles. The predicted octanol–water partition coefficient (Wildman–Crippen LogP) is 3.10. The molecule has 3 aromatic rings. The minimum Gasteiger partial charge on any atom is -0.341 e. The summed E-state index contributed by atoms with van der Waals surface area (Å²) >= 11 is 0. The number of aromatic amines is 1. The number of aryl methyl sites for hydroxylation is 1. The molecule has 6 heteroatoms. The van der Waals surface area contributed by atoms with Crippen LogP contribution >= 0.6 is 0 Å². The second-order valence-electron chi connectivity index (χ2n) is 5.17. The van der Waals surface area contributed by atoms with Crippen LogP contribution in [-0.2, 0) is 6.54 Å². The van der Waals surface area contributed by atoms with Crippen LogP contribution in [0.1, 0.15) is 11.4 Å². The van der Waals surface area contributed by atoms with E-state index in [9.17, 15) is 4.79 Å². The Hall–Kier alpha value is -3.15. The normalized spacial score (nSPS) is 10.3. The van der Waals surface area contributed by atoms with Gasteiger partial charge in [-0.15, -0.1) is 0 Å². The number of hydrogen-bond donors (Lipinski definition) is 3. The van der Waals surface area contributed by atoms with Crippen molar-refractivity contribution in [2.45, 2.75) is 13.5 Å². The van der Waals surface area contributed by atoms with Gasteiger partial charge < -0.3 is 15.6 Å². The highest BCUT2D eigenvalue weighted by Gasteiger charge is 2.06. The van der Waals surface area contributed by atoms with Gasteiger partial charge in [0.05, 0.1) is 30.3 Å². The van der Waals surface area contributed by atoms with E-state index < -0.39 is 0 Å². The average Bonchev–Trinajstić information content (AvgIpc) is 3.03. The number of carbonyl (C=O) groups is 1. The molecule has 0 unspecified atom stereocenters. The zero-order valence-electron chi connectivity index (χ0n) is 12.7. The smallest absolute Gasteiger partial charge is 0.319 e. The maximum absolute atomic E-state index is 11.9. The van der Waals surface area contributed by atoms with Crippen LogP contribution in [0.5, 0.6) is 0 Å². The Morgan fingerprint density at radius 3 is 2.78 bits per heavy atom. The van der Waals surface area contributed by atoms with Crippen LogP contribution in [0.2, 0.25) is 0 Å². The largest absolute Gasteiger partial charge is 0.341 e. The molecule has 3 rings (SSSR count). The maximum atomic E-state index is 11.9. The van der Waals surface area contributed by atoms with Crippen molar-refractivity contribution < 1.29 is 4.79 Å². The molecule has 0 aliphatic carbocycles. The monoisotopic (exact) mass is 307 g/mol. The van der Waals surface area contributed by atoms with E-state index in [2.05, 4.69) is 25.6 Å². The number of nitrogens with one attached hydrogen (secondary N) is 3. The van der Waals surface area contributed by atoms with Crippen LogP contribution < -0.4 is 10.6 Å². The number of carbonyl (C=O) groups excluding carboxylic acids is 1. The van der Waals surface area contributed by atoms with Gasteiger partial charge in [-0.25, -0.2) is 9.78 Å². The molecule has 0 fully saturated rings. The van der Waals surface area contributed by atoms with Crippen molar-refractivity contribution in [3.63, 3.8) is 0 Å². The van der Waals surface area contributed by atoms with Crippen molar-refractivity contribution in [2.75, 3.05) is 5.32 Å². The van der Waals surface area contributed by atoms with Crippen molar-refractivity contribution >= 4 is 11.7 Å². The molecule has 0 radical (unpaired) electrons. The Balaban J connectivity index is 1.56. The molecular formula is C17H17N5O. The van der Waals surface area contributed by atoms with Gasteiger partial charge in [0.2, 0.25) is 0 Å².